The Balaban J connectivity index is 3.55. The van der Waals surface area contributed by atoms with Crippen LogP contribution in [0.5, 0.6) is 0 Å². The third-order valence-electron chi connectivity index (χ3n) is 8.50. The molecule has 0 saturated carbocycles. The average molecular weight is 635 g/mol. The number of aliphatic hydroxyl groups excluding tert-OH is 1. The van der Waals surface area contributed by atoms with E-state index >= 15 is 0 Å². The van der Waals surface area contributed by atoms with E-state index in [0.717, 1.165) is 51.4 Å². The Hall–Kier alpha value is -1.62. The van der Waals surface area contributed by atoms with Crippen molar-refractivity contribution in [1.29, 1.82) is 0 Å². The lowest BCUT2D eigenvalue weighted by atomic mass is 10.0. The van der Waals surface area contributed by atoms with Crippen LogP contribution in [0, 0.1) is 0 Å². The molecule has 0 rings (SSSR count). The van der Waals surface area contributed by atoms with Crippen molar-refractivity contribution in [2.75, 3.05) is 13.2 Å². The fourth-order valence-corrected chi connectivity index (χ4v) is 5.53. The van der Waals surface area contributed by atoms with E-state index in [9.17, 15) is 14.7 Å². The van der Waals surface area contributed by atoms with Gasteiger partial charge >= 0.3 is 11.9 Å². The standard InChI is InChI=1S/C40H74O5/c1-3-5-7-9-11-13-15-17-19-21-23-25-27-29-31-33-35-40(43)45-38(36-41)37-44-39(42)34-32-30-28-26-24-22-20-18-16-14-12-10-8-6-4-2/h12,14,18,20,38,41H,3-11,13,15-17,19,21-37H2,1-2H3/b14-12-,20-18-/t38-/m0/s1. The zero-order valence-corrected chi connectivity index (χ0v) is 29.9. The highest BCUT2D eigenvalue weighted by Gasteiger charge is 2.16. The lowest BCUT2D eigenvalue weighted by Gasteiger charge is -2.15. The fourth-order valence-electron chi connectivity index (χ4n) is 5.53. The second-order valence-corrected chi connectivity index (χ2v) is 13.0. The maximum absolute atomic E-state index is 12.2. The van der Waals surface area contributed by atoms with Crippen molar-refractivity contribution in [3.8, 4) is 0 Å². The molecule has 5 nitrogen and oxygen atoms in total. The summed E-state index contributed by atoms with van der Waals surface area (Å²) in [5.41, 5.74) is 0. The van der Waals surface area contributed by atoms with Crippen LogP contribution in [0.2, 0.25) is 0 Å². The first kappa shape index (κ1) is 43.4. The third kappa shape index (κ3) is 35.1. The molecule has 45 heavy (non-hydrogen) atoms. The predicted molar refractivity (Wildman–Crippen MR) is 191 cm³/mol. The van der Waals surface area contributed by atoms with Crippen LogP contribution in [0.3, 0.4) is 0 Å². The van der Waals surface area contributed by atoms with Gasteiger partial charge in [0.1, 0.15) is 6.61 Å². The molecule has 0 radical (unpaired) electrons. The van der Waals surface area contributed by atoms with E-state index in [-0.39, 0.29) is 25.2 Å². The highest BCUT2D eigenvalue weighted by molar-refractivity contribution is 5.70. The number of allylic oxidation sites excluding steroid dienone is 4. The quantitative estimate of drug-likeness (QED) is 0.0426. The molecule has 0 spiro atoms. The minimum absolute atomic E-state index is 0.0692. The third-order valence-corrected chi connectivity index (χ3v) is 8.50. The van der Waals surface area contributed by atoms with E-state index in [0.29, 0.717) is 12.8 Å². The van der Waals surface area contributed by atoms with Gasteiger partial charge in [0, 0.05) is 12.8 Å². The van der Waals surface area contributed by atoms with E-state index < -0.39 is 6.10 Å². The summed E-state index contributed by atoms with van der Waals surface area (Å²) in [6.07, 6.45) is 42.3. The first-order chi connectivity index (χ1) is 22.1. The van der Waals surface area contributed by atoms with Crippen molar-refractivity contribution < 1.29 is 24.2 Å². The Labute approximate surface area is 279 Å². The number of ether oxygens (including phenoxy) is 2. The van der Waals surface area contributed by atoms with Crippen LogP contribution in [0.15, 0.2) is 24.3 Å². The number of rotatable bonds is 35. The summed E-state index contributed by atoms with van der Waals surface area (Å²) in [7, 11) is 0. The summed E-state index contributed by atoms with van der Waals surface area (Å²) in [6, 6.07) is 0. The molecular formula is C40H74O5. The molecule has 0 unspecified atom stereocenters. The van der Waals surface area contributed by atoms with Crippen LogP contribution in [0.4, 0.5) is 0 Å². The molecule has 0 aromatic carbocycles. The number of carbonyl (C=O) groups excluding carboxylic acids is 2. The van der Waals surface area contributed by atoms with Crippen LogP contribution in [0.1, 0.15) is 200 Å². The number of hydrogen-bond acceptors (Lipinski definition) is 5. The predicted octanol–water partition coefficient (Wildman–Crippen LogP) is 11.9. The second-order valence-electron chi connectivity index (χ2n) is 13.0. The van der Waals surface area contributed by atoms with Crippen LogP contribution in [-0.4, -0.2) is 36.4 Å². The van der Waals surface area contributed by atoms with E-state index in [2.05, 4.69) is 38.2 Å². The minimum Gasteiger partial charge on any atom is -0.462 e. The van der Waals surface area contributed by atoms with Crippen molar-refractivity contribution in [3.05, 3.63) is 24.3 Å². The zero-order valence-electron chi connectivity index (χ0n) is 29.9. The summed E-state index contributed by atoms with van der Waals surface area (Å²) in [4.78, 5) is 24.2. The molecule has 0 aromatic heterocycles. The van der Waals surface area contributed by atoms with Gasteiger partial charge in [-0.15, -0.1) is 0 Å². The van der Waals surface area contributed by atoms with Gasteiger partial charge in [-0.3, -0.25) is 9.59 Å². The number of carbonyl (C=O) groups is 2. The molecule has 0 aromatic rings. The highest BCUT2D eigenvalue weighted by atomic mass is 16.6. The number of unbranched alkanes of at least 4 members (excludes halogenated alkanes) is 23. The molecule has 0 aliphatic rings. The second kappa shape index (κ2) is 36.8. The monoisotopic (exact) mass is 635 g/mol. The Bertz CT molecular complexity index is 686. The molecule has 0 fully saturated rings. The molecule has 1 N–H and O–H groups in total. The maximum atomic E-state index is 12.2. The van der Waals surface area contributed by atoms with Gasteiger partial charge in [-0.1, -0.05) is 167 Å². The van der Waals surface area contributed by atoms with Gasteiger partial charge in [-0.05, 0) is 44.9 Å². The lowest BCUT2D eigenvalue weighted by molar-refractivity contribution is -0.161. The minimum atomic E-state index is -0.771. The Kier molecular flexibility index (Phi) is 35.5. The van der Waals surface area contributed by atoms with Gasteiger partial charge in [-0.2, -0.15) is 0 Å². The Morgan fingerprint density at radius 1 is 0.511 bits per heavy atom. The Morgan fingerprint density at radius 3 is 1.36 bits per heavy atom. The number of aliphatic hydroxyl groups is 1. The molecule has 0 aliphatic heterocycles. The van der Waals surface area contributed by atoms with Crippen molar-refractivity contribution in [3.63, 3.8) is 0 Å². The van der Waals surface area contributed by atoms with Crippen LogP contribution in [0.25, 0.3) is 0 Å². The molecular weight excluding hydrogens is 560 g/mol. The van der Waals surface area contributed by atoms with Crippen molar-refractivity contribution >= 4 is 11.9 Å². The van der Waals surface area contributed by atoms with Gasteiger partial charge in [0.25, 0.3) is 0 Å². The zero-order chi connectivity index (χ0) is 32.9. The van der Waals surface area contributed by atoms with Crippen LogP contribution < -0.4 is 0 Å². The van der Waals surface area contributed by atoms with E-state index in [1.165, 1.54) is 122 Å². The van der Waals surface area contributed by atoms with Gasteiger partial charge in [0.2, 0.25) is 0 Å². The van der Waals surface area contributed by atoms with Crippen LogP contribution >= 0.6 is 0 Å². The highest BCUT2D eigenvalue weighted by Crippen LogP contribution is 2.15. The van der Waals surface area contributed by atoms with Crippen LogP contribution in [-0.2, 0) is 19.1 Å². The molecule has 0 saturated heterocycles. The smallest absolute Gasteiger partial charge is 0.306 e. The SMILES string of the molecule is CCCCC/C=C\C/C=C\CCCCCCCC(=O)OC[C@H](CO)OC(=O)CCCCCCCCCCCCCCCCCC. The summed E-state index contributed by atoms with van der Waals surface area (Å²) < 4.78 is 10.6. The van der Waals surface area contributed by atoms with Gasteiger partial charge < -0.3 is 14.6 Å². The molecule has 0 heterocycles. The summed E-state index contributed by atoms with van der Waals surface area (Å²) >= 11 is 0. The van der Waals surface area contributed by atoms with E-state index in [1.54, 1.807) is 0 Å². The topological polar surface area (TPSA) is 72.8 Å². The van der Waals surface area contributed by atoms with Crippen molar-refractivity contribution in [1.82, 2.24) is 0 Å². The summed E-state index contributed by atoms with van der Waals surface area (Å²) in [5, 5.41) is 9.54. The Morgan fingerprint density at radius 2 is 0.889 bits per heavy atom. The van der Waals surface area contributed by atoms with E-state index in [4.69, 9.17) is 9.47 Å². The average Bonchev–Trinajstić information content (AvgIpc) is 3.04. The largest absolute Gasteiger partial charge is 0.462 e. The normalized spacial score (nSPS) is 12.3. The molecule has 264 valence electrons. The maximum Gasteiger partial charge on any atom is 0.306 e. The van der Waals surface area contributed by atoms with Gasteiger partial charge in [0.05, 0.1) is 6.61 Å². The van der Waals surface area contributed by atoms with Crippen molar-refractivity contribution in [2.24, 2.45) is 0 Å². The van der Waals surface area contributed by atoms with Gasteiger partial charge in [0.15, 0.2) is 6.10 Å². The summed E-state index contributed by atoms with van der Waals surface area (Å²) in [6.45, 7) is 4.11. The first-order valence-corrected chi connectivity index (χ1v) is 19.4. The molecule has 5 heteroatoms. The molecule has 0 amide bonds. The fraction of sp³-hybridized carbons (Fsp3) is 0.850. The van der Waals surface area contributed by atoms with E-state index in [1.807, 2.05) is 0 Å². The summed E-state index contributed by atoms with van der Waals surface area (Å²) in [5.74, 6) is -0.600. The molecule has 1 atom stereocenters. The number of esters is 2. The lowest BCUT2D eigenvalue weighted by Crippen LogP contribution is -2.28. The first-order valence-electron chi connectivity index (χ1n) is 19.4. The number of hydrogen-bond donors (Lipinski definition) is 1. The molecule has 0 bridgehead atoms. The molecule has 0 aliphatic carbocycles. The van der Waals surface area contributed by atoms with Crippen molar-refractivity contribution in [2.45, 2.75) is 206 Å². The van der Waals surface area contributed by atoms with Gasteiger partial charge in [-0.25, -0.2) is 0 Å².